The Kier molecular flexibility index (Phi) is 6.12. The zero-order chi connectivity index (χ0) is 33.5. The maximum Gasteiger partial charge on any atom is 0.159 e. The number of rotatable bonds is 4. The number of aliphatic imine (C=N–C) groups is 2. The van der Waals surface area contributed by atoms with Gasteiger partial charge in [0.2, 0.25) is 0 Å². The fourth-order valence-corrected chi connectivity index (χ4v) is 8.91. The van der Waals surface area contributed by atoms with Crippen molar-refractivity contribution in [3.8, 4) is 5.69 Å². The van der Waals surface area contributed by atoms with E-state index < -0.39 is 0 Å². The molecule has 3 aromatic heterocycles. The second-order valence-electron chi connectivity index (χ2n) is 13.0. The minimum atomic E-state index is -0.331. The number of thiophene rings is 1. The normalized spacial score (nSPS) is 14.9. The minimum absolute atomic E-state index is 0.331. The highest BCUT2D eigenvalue weighted by Crippen LogP contribution is 2.43. The molecular formula is C45H28N4OS. The van der Waals surface area contributed by atoms with Crippen LogP contribution < -0.4 is 5.32 Å². The number of nitrogens with one attached hydrogen (secondary N) is 1. The van der Waals surface area contributed by atoms with E-state index in [4.69, 9.17) is 14.4 Å². The lowest BCUT2D eigenvalue weighted by Gasteiger charge is -2.23. The summed E-state index contributed by atoms with van der Waals surface area (Å²) in [6.07, 6.45) is -0.331. The molecule has 0 saturated heterocycles. The Morgan fingerprint density at radius 3 is 2.16 bits per heavy atom. The van der Waals surface area contributed by atoms with Crippen LogP contribution in [0.25, 0.3) is 69.6 Å². The van der Waals surface area contributed by atoms with Crippen molar-refractivity contribution in [2.24, 2.45) is 9.98 Å². The fraction of sp³-hybridized carbons (Fsp3) is 0.0222. The van der Waals surface area contributed by atoms with Gasteiger partial charge in [-0.3, -0.25) is 0 Å². The summed E-state index contributed by atoms with van der Waals surface area (Å²) in [6.45, 7) is 0. The van der Waals surface area contributed by atoms with Crippen molar-refractivity contribution in [1.29, 1.82) is 0 Å². The van der Waals surface area contributed by atoms with E-state index in [1.807, 2.05) is 47.7 Å². The third-order valence-corrected chi connectivity index (χ3v) is 11.2. The highest BCUT2D eigenvalue weighted by Gasteiger charge is 2.23. The van der Waals surface area contributed by atoms with Gasteiger partial charge in [0, 0.05) is 59.4 Å². The van der Waals surface area contributed by atoms with Crippen LogP contribution in [0.3, 0.4) is 0 Å². The van der Waals surface area contributed by atoms with Crippen molar-refractivity contribution in [3.63, 3.8) is 0 Å². The van der Waals surface area contributed by atoms with Crippen LogP contribution >= 0.6 is 11.3 Å². The molecule has 51 heavy (non-hydrogen) atoms. The molecule has 1 unspecified atom stereocenters. The van der Waals surface area contributed by atoms with Crippen LogP contribution in [-0.2, 0) is 0 Å². The lowest BCUT2D eigenvalue weighted by Crippen LogP contribution is -2.33. The minimum Gasteiger partial charge on any atom is -0.456 e. The maximum atomic E-state index is 6.55. The first-order valence-corrected chi connectivity index (χ1v) is 17.9. The van der Waals surface area contributed by atoms with Gasteiger partial charge in [-0.1, -0.05) is 121 Å². The molecule has 1 aliphatic heterocycles. The number of nitrogens with zero attached hydrogens (tertiary/aromatic N) is 3. The molecule has 7 aromatic carbocycles. The number of aromatic nitrogens is 1. The average Bonchev–Trinajstić information content (AvgIpc) is 3.87. The summed E-state index contributed by atoms with van der Waals surface area (Å²) in [7, 11) is 0. The Morgan fingerprint density at radius 1 is 0.569 bits per heavy atom. The quantitative estimate of drug-likeness (QED) is 0.202. The Hall–Kier alpha value is -6.50. The lowest BCUT2D eigenvalue weighted by atomic mass is 10.1. The van der Waals surface area contributed by atoms with E-state index in [0.717, 1.165) is 50.2 Å². The van der Waals surface area contributed by atoms with Gasteiger partial charge in [-0.15, -0.1) is 11.3 Å². The number of amidine groups is 2. The first-order valence-electron chi connectivity index (χ1n) is 17.1. The summed E-state index contributed by atoms with van der Waals surface area (Å²) in [4.78, 5) is 10.0. The van der Waals surface area contributed by atoms with Crippen molar-refractivity contribution >= 4 is 86.9 Å². The third-order valence-electron chi connectivity index (χ3n) is 10.1. The van der Waals surface area contributed by atoms with E-state index in [1.165, 1.54) is 42.0 Å². The van der Waals surface area contributed by atoms with E-state index in [9.17, 15) is 0 Å². The van der Waals surface area contributed by atoms with Gasteiger partial charge in [-0.25, -0.2) is 9.98 Å². The molecule has 0 bridgehead atoms. The van der Waals surface area contributed by atoms with Crippen molar-refractivity contribution in [2.45, 2.75) is 6.17 Å². The number of para-hydroxylation sites is 1. The van der Waals surface area contributed by atoms with Gasteiger partial charge < -0.3 is 14.3 Å². The Balaban J connectivity index is 1.06. The van der Waals surface area contributed by atoms with E-state index in [1.54, 1.807) is 0 Å². The highest BCUT2D eigenvalue weighted by atomic mass is 32.1. The molecule has 1 N–H and O–H groups in total. The molecule has 240 valence electrons. The molecule has 1 atom stereocenters. The molecule has 0 radical (unpaired) electrons. The first kappa shape index (κ1) is 28.3. The van der Waals surface area contributed by atoms with Gasteiger partial charge in [0.15, 0.2) is 5.84 Å². The van der Waals surface area contributed by atoms with Crippen molar-refractivity contribution in [1.82, 2.24) is 9.88 Å². The molecule has 11 rings (SSSR count). The van der Waals surface area contributed by atoms with Gasteiger partial charge in [0.25, 0.3) is 0 Å². The Bertz CT molecular complexity index is 3060. The molecule has 1 aliphatic rings. The van der Waals surface area contributed by atoms with Gasteiger partial charge in [-0.05, 0) is 36.4 Å². The van der Waals surface area contributed by atoms with Crippen LogP contribution in [0.5, 0.6) is 0 Å². The number of furan rings is 1. The Labute approximate surface area is 296 Å². The van der Waals surface area contributed by atoms with Crippen LogP contribution in [-0.4, -0.2) is 16.2 Å². The van der Waals surface area contributed by atoms with Gasteiger partial charge in [-0.2, -0.15) is 0 Å². The predicted octanol–water partition coefficient (Wildman–Crippen LogP) is 11.5. The SMILES string of the molecule is c1ccc(C2=NC(c3ccc4c(c3)oc3ccc(-n5c6ccccc6c6ccc7c8ccccc8sc7c65)cc34)NC(c3ccccc3)=N2)cc1. The van der Waals surface area contributed by atoms with E-state index in [0.29, 0.717) is 5.84 Å². The highest BCUT2D eigenvalue weighted by molar-refractivity contribution is 7.26. The zero-order valence-corrected chi connectivity index (χ0v) is 28.1. The predicted molar refractivity (Wildman–Crippen MR) is 213 cm³/mol. The second kappa shape index (κ2) is 11.0. The van der Waals surface area contributed by atoms with Crippen molar-refractivity contribution in [2.75, 3.05) is 0 Å². The summed E-state index contributed by atoms with van der Waals surface area (Å²) in [5, 5.41) is 10.9. The molecular weight excluding hydrogens is 645 g/mol. The second-order valence-corrected chi connectivity index (χ2v) is 14.1. The fourth-order valence-electron chi connectivity index (χ4n) is 7.67. The topological polar surface area (TPSA) is 54.8 Å². The van der Waals surface area contributed by atoms with E-state index in [-0.39, 0.29) is 6.17 Å². The van der Waals surface area contributed by atoms with E-state index >= 15 is 0 Å². The van der Waals surface area contributed by atoms with Gasteiger partial charge >= 0.3 is 0 Å². The molecule has 0 saturated carbocycles. The van der Waals surface area contributed by atoms with Crippen molar-refractivity contribution in [3.05, 3.63) is 174 Å². The summed E-state index contributed by atoms with van der Waals surface area (Å²) in [5.74, 6) is 1.49. The van der Waals surface area contributed by atoms with Crippen LogP contribution in [0.2, 0.25) is 0 Å². The average molecular weight is 673 g/mol. The standard InChI is InChI=1S/C45H28N4OS/c1-3-11-27(12-4-1)43-46-44(28-13-5-2-6-14-28)48-45(47-43)29-19-21-32-36-26-30(20-24-38(36)50-39(32)25-29)49-37-17-9-7-15-31(37)34-22-23-35-33-16-8-10-18-40(33)51-42(35)41(34)49/h1-26,45H,(H,46,47,48). The lowest BCUT2D eigenvalue weighted by molar-refractivity contribution is 0.655. The summed E-state index contributed by atoms with van der Waals surface area (Å²) in [6, 6.07) is 55.4. The molecule has 0 fully saturated rings. The first-order chi connectivity index (χ1) is 25.3. The third kappa shape index (κ3) is 4.40. The van der Waals surface area contributed by atoms with Crippen LogP contribution in [0.1, 0.15) is 22.9 Å². The monoisotopic (exact) mass is 672 g/mol. The van der Waals surface area contributed by atoms with Crippen LogP contribution in [0.15, 0.2) is 172 Å². The maximum absolute atomic E-state index is 6.55. The molecule has 0 aliphatic carbocycles. The molecule has 4 heterocycles. The zero-order valence-electron chi connectivity index (χ0n) is 27.2. The molecule has 5 nitrogen and oxygen atoms in total. The smallest absolute Gasteiger partial charge is 0.159 e. The van der Waals surface area contributed by atoms with Gasteiger partial charge in [0.1, 0.15) is 23.2 Å². The van der Waals surface area contributed by atoms with Crippen molar-refractivity contribution < 1.29 is 4.42 Å². The number of benzene rings is 7. The summed E-state index contributed by atoms with van der Waals surface area (Å²) in [5.41, 5.74) is 8.24. The Morgan fingerprint density at radius 2 is 1.29 bits per heavy atom. The number of hydrogen-bond donors (Lipinski definition) is 1. The number of fused-ring (bicyclic) bond motifs is 10. The largest absolute Gasteiger partial charge is 0.456 e. The van der Waals surface area contributed by atoms with E-state index in [2.05, 4.69) is 131 Å². The van der Waals surface area contributed by atoms with Gasteiger partial charge in [0.05, 0.1) is 15.7 Å². The molecule has 0 spiro atoms. The van der Waals surface area contributed by atoms with Crippen LogP contribution in [0, 0.1) is 0 Å². The number of hydrogen-bond acceptors (Lipinski definition) is 5. The molecule has 6 heteroatoms. The van der Waals surface area contributed by atoms with Crippen LogP contribution in [0.4, 0.5) is 0 Å². The summed E-state index contributed by atoms with van der Waals surface area (Å²) < 4.78 is 11.6. The molecule has 0 amide bonds. The summed E-state index contributed by atoms with van der Waals surface area (Å²) >= 11 is 1.87. The molecule has 10 aromatic rings.